The predicted molar refractivity (Wildman–Crippen MR) is 73.3 cm³/mol. The standard InChI is InChI=1S/C15H21NO3/c1-15(2,3)19-14(17)11-7-4-5-8-12(11)18-13-9-6-10-16-13/h4-5,7-8,13,16H,6,9-10H2,1-3H3. The average molecular weight is 263 g/mol. The van der Waals surface area contributed by atoms with Gasteiger partial charge < -0.3 is 9.47 Å². The number of hydrogen-bond acceptors (Lipinski definition) is 4. The van der Waals surface area contributed by atoms with Gasteiger partial charge in [0.1, 0.15) is 23.1 Å². The van der Waals surface area contributed by atoms with E-state index in [2.05, 4.69) is 5.32 Å². The van der Waals surface area contributed by atoms with Crippen molar-refractivity contribution in [2.24, 2.45) is 0 Å². The maximum atomic E-state index is 12.1. The molecule has 1 saturated heterocycles. The number of carbonyl (C=O) groups excluding carboxylic acids is 1. The van der Waals surface area contributed by atoms with Crippen molar-refractivity contribution in [3.63, 3.8) is 0 Å². The van der Waals surface area contributed by atoms with Crippen molar-refractivity contribution in [3.05, 3.63) is 29.8 Å². The van der Waals surface area contributed by atoms with E-state index in [9.17, 15) is 4.79 Å². The summed E-state index contributed by atoms with van der Waals surface area (Å²) in [4.78, 5) is 12.1. The molecule has 0 saturated carbocycles. The van der Waals surface area contributed by atoms with Gasteiger partial charge in [0.15, 0.2) is 0 Å². The third-order valence-corrected chi connectivity index (χ3v) is 2.79. The minimum absolute atomic E-state index is 0.0106. The minimum Gasteiger partial charge on any atom is -0.474 e. The molecule has 1 heterocycles. The van der Waals surface area contributed by atoms with Crippen molar-refractivity contribution in [3.8, 4) is 5.75 Å². The van der Waals surface area contributed by atoms with Gasteiger partial charge >= 0.3 is 5.97 Å². The fraction of sp³-hybridized carbons (Fsp3) is 0.533. The van der Waals surface area contributed by atoms with Gasteiger partial charge in [-0.1, -0.05) is 12.1 Å². The quantitative estimate of drug-likeness (QED) is 0.852. The molecule has 0 radical (unpaired) electrons. The lowest BCUT2D eigenvalue weighted by Gasteiger charge is -2.21. The Kier molecular flexibility index (Phi) is 4.10. The molecule has 1 atom stereocenters. The van der Waals surface area contributed by atoms with Crippen molar-refractivity contribution in [1.29, 1.82) is 0 Å². The van der Waals surface area contributed by atoms with Crippen molar-refractivity contribution >= 4 is 5.97 Å². The largest absolute Gasteiger partial charge is 0.474 e. The summed E-state index contributed by atoms with van der Waals surface area (Å²) in [6.45, 7) is 6.52. The van der Waals surface area contributed by atoms with Crippen molar-refractivity contribution in [2.45, 2.75) is 45.4 Å². The van der Waals surface area contributed by atoms with Crippen molar-refractivity contribution < 1.29 is 14.3 Å². The zero-order chi connectivity index (χ0) is 13.9. The fourth-order valence-electron chi connectivity index (χ4n) is 1.98. The average Bonchev–Trinajstić information content (AvgIpc) is 2.80. The number of benzene rings is 1. The number of nitrogens with one attached hydrogen (secondary N) is 1. The fourth-order valence-corrected chi connectivity index (χ4v) is 1.98. The highest BCUT2D eigenvalue weighted by Gasteiger charge is 2.23. The first kappa shape index (κ1) is 13.9. The molecule has 1 N–H and O–H groups in total. The number of ether oxygens (including phenoxy) is 2. The van der Waals surface area contributed by atoms with Crippen LogP contribution in [0.15, 0.2) is 24.3 Å². The Morgan fingerprint density at radius 2 is 2.05 bits per heavy atom. The van der Waals surface area contributed by atoms with Gasteiger partial charge in [-0.15, -0.1) is 0 Å². The summed E-state index contributed by atoms with van der Waals surface area (Å²) >= 11 is 0. The van der Waals surface area contributed by atoms with Crippen LogP contribution in [-0.4, -0.2) is 24.3 Å². The van der Waals surface area contributed by atoms with Gasteiger partial charge in [0.25, 0.3) is 0 Å². The molecule has 0 bridgehead atoms. The van der Waals surface area contributed by atoms with E-state index in [1.165, 1.54) is 0 Å². The zero-order valence-corrected chi connectivity index (χ0v) is 11.7. The van der Waals surface area contributed by atoms with Crippen molar-refractivity contribution in [2.75, 3.05) is 6.54 Å². The van der Waals surface area contributed by atoms with E-state index in [1.54, 1.807) is 12.1 Å². The molecule has 0 spiro atoms. The maximum absolute atomic E-state index is 12.1. The molecular weight excluding hydrogens is 242 g/mol. The molecule has 4 heteroatoms. The number of carbonyl (C=O) groups is 1. The summed E-state index contributed by atoms with van der Waals surface area (Å²) < 4.78 is 11.2. The number of esters is 1. The number of rotatable bonds is 3. The highest BCUT2D eigenvalue weighted by Crippen LogP contribution is 2.23. The van der Waals surface area contributed by atoms with Gasteiger partial charge in [0.05, 0.1) is 0 Å². The smallest absolute Gasteiger partial charge is 0.342 e. The number of para-hydroxylation sites is 1. The molecule has 2 rings (SSSR count). The first-order chi connectivity index (χ1) is 8.96. The van der Waals surface area contributed by atoms with E-state index in [0.29, 0.717) is 11.3 Å². The second-order valence-electron chi connectivity index (χ2n) is 5.70. The lowest BCUT2D eigenvalue weighted by Crippen LogP contribution is -2.29. The number of hydrogen-bond donors (Lipinski definition) is 1. The maximum Gasteiger partial charge on any atom is 0.342 e. The van der Waals surface area contributed by atoms with E-state index in [1.807, 2.05) is 32.9 Å². The van der Waals surface area contributed by atoms with Crippen molar-refractivity contribution in [1.82, 2.24) is 5.32 Å². The lowest BCUT2D eigenvalue weighted by atomic mass is 10.1. The van der Waals surface area contributed by atoms with Gasteiger partial charge in [-0.05, 0) is 52.3 Å². The van der Waals surface area contributed by atoms with Gasteiger partial charge in [0.2, 0.25) is 0 Å². The zero-order valence-electron chi connectivity index (χ0n) is 11.7. The Morgan fingerprint density at radius 1 is 1.32 bits per heavy atom. The second kappa shape index (κ2) is 5.61. The molecular formula is C15H21NO3. The van der Waals surface area contributed by atoms with Crippen LogP contribution in [0.25, 0.3) is 0 Å². The molecule has 1 aliphatic heterocycles. The summed E-state index contributed by atoms with van der Waals surface area (Å²) in [6, 6.07) is 7.21. The monoisotopic (exact) mass is 263 g/mol. The topological polar surface area (TPSA) is 47.6 Å². The third-order valence-electron chi connectivity index (χ3n) is 2.79. The van der Waals surface area contributed by atoms with Gasteiger partial charge in [-0.3, -0.25) is 5.32 Å². The summed E-state index contributed by atoms with van der Waals surface area (Å²) in [5.41, 5.74) is -0.0263. The SMILES string of the molecule is CC(C)(C)OC(=O)c1ccccc1OC1CCCN1. The molecule has 1 aromatic rings. The van der Waals surface area contributed by atoms with Crippen LogP contribution in [-0.2, 0) is 4.74 Å². The highest BCUT2D eigenvalue weighted by molar-refractivity contribution is 5.92. The lowest BCUT2D eigenvalue weighted by molar-refractivity contribution is 0.00638. The Hall–Kier alpha value is -1.55. The van der Waals surface area contributed by atoms with Crippen LogP contribution in [0, 0.1) is 0 Å². The predicted octanol–water partition coefficient (Wildman–Crippen LogP) is 2.73. The molecule has 1 aromatic carbocycles. The van der Waals surface area contributed by atoms with E-state index < -0.39 is 5.60 Å². The molecule has 0 amide bonds. The van der Waals surface area contributed by atoms with E-state index >= 15 is 0 Å². The van der Waals surface area contributed by atoms with Crippen LogP contribution in [0.5, 0.6) is 5.75 Å². The van der Waals surface area contributed by atoms with Crippen LogP contribution in [0.1, 0.15) is 44.0 Å². The van der Waals surface area contributed by atoms with E-state index in [-0.39, 0.29) is 12.2 Å². The Labute approximate surface area is 114 Å². The van der Waals surface area contributed by atoms with Gasteiger partial charge in [-0.25, -0.2) is 4.79 Å². The van der Waals surface area contributed by atoms with Crippen LogP contribution < -0.4 is 10.1 Å². The Morgan fingerprint density at radius 3 is 2.68 bits per heavy atom. The summed E-state index contributed by atoms with van der Waals surface area (Å²) in [5, 5.41) is 3.25. The molecule has 0 aromatic heterocycles. The summed E-state index contributed by atoms with van der Waals surface area (Å²) in [5.74, 6) is 0.234. The minimum atomic E-state index is -0.504. The Balaban J connectivity index is 2.13. The normalized spacial score (nSPS) is 19.2. The molecule has 1 aliphatic rings. The van der Waals surface area contributed by atoms with E-state index in [4.69, 9.17) is 9.47 Å². The summed E-state index contributed by atoms with van der Waals surface area (Å²) in [6.07, 6.45) is 2.05. The van der Waals surface area contributed by atoms with Crippen LogP contribution in [0.3, 0.4) is 0 Å². The molecule has 1 unspecified atom stereocenters. The molecule has 0 aliphatic carbocycles. The van der Waals surface area contributed by atoms with Crippen LogP contribution >= 0.6 is 0 Å². The highest BCUT2D eigenvalue weighted by atomic mass is 16.6. The molecule has 4 nitrogen and oxygen atoms in total. The molecule has 1 fully saturated rings. The molecule has 104 valence electrons. The van der Waals surface area contributed by atoms with Gasteiger partial charge in [-0.2, -0.15) is 0 Å². The van der Waals surface area contributed by atoms with Gasteiger partial charge in [0, 0.05) is 0 Å². The second-order valence-corrected chi connectivity index (χ2v) is 5.70. The van der Waals surface area contributed by atoms with Crippen LogP contribution in [0.2, 0.25) is 0 Å². The summed E-state index contributed by atoms with van der Waals surface area (Å²) in [7, 11) is 0. The van der Waals surface area contributed by atoms with E-state index in [0.717, 1.165) is 19.4 Å². The first-order valence-electron chi connectivity index (χ1n) is 6.68. The third kappa shape index (κ3) is 3.96. The molecule has 19 heavy (non-hydrogen) atoms. The van der Waals surface area contributed by atoms with Crippen LogP contribution in [0.4, 0.5) is 0 Å². The first-order valence-corrected chi connectivity index (χ1v) is 6.68. The Bertz CT molecular complexity index is 445.